The quantitative estimate of drug-likeness (QED) is 0.786. The highest BCUT2D eigenvalue weighted by Gasteiger charge is 2.07. The van der Waals surface area contributed by atoms with Crippen LogP contribution in [0.3, 0.4) is 0 Å². The van der Waals surface area contributed by atoms with Crippen molar-refractivity contribution in [3.05, 3.63) is 17.5 Å². The van der Waals surface area contributed by atoms with E-state index < -0.39 is 0 Å². The van der Waals surface area contributed by atoms with Gasteiger partial charge in [0.15, 0.2) is 0 Å². The topological polar surface area (TPSA) is 33.1 Å². The fraction of sp³-hybridized carbons (Fsp3) is 0.769. The predicted molar refractivity (Wildman–Crippen MR) is 86.7 cm³/mol. The number of nitrogens with one attached hydrogen (secondary N) is 1. The Morgan fingerprint density at radius 2 is 1.95 bits per heavy atom. The van der Waals surface area contributed by atoms with Gasteiger partial charge in [0.05, 0.1) is 6.20 Å². The number of halogens is 2. The monoisotopic (exact) mass is 310 g/mol. The van der Waals surface area contributed by atoms with Gasteiger partial charge in [-0.1, -0.05) is 0 Å². The van der Waals surface area contributed by atoms with E-state index in [1.807, 2.05) is 6.20 Å². The van der Waals surface area contributed by atoms with Crippen LogP contribution in [0.4, 0.5) is 0 Å². The molecule has 1 aromatic heterocycles. The van der Waals surface area contributed by atoms with Crippen LogP contribution in [0, 0.1) is 6.92 Å². The average molecular weight is 311 g/mol. The Morgan fingerprint density at radius 3 is 2.42 bits per heavy atom. The first-order valence-corrected chi connectivity index (χ1v) is 6.40. The second-order valence-corrected chi connectivity index (χ2v) is 5.13. The molecule has 1 heterocycles. The van der Waals surface area contributed by atoms with Crippen molar-refractivity contribution in [1.82, 2.24) is 20.0 Å². The first-order chi connectivity index (χ1) is 8.02. The lowest BCUT2D eigenvalue weighted by atomic mass is 10.2. The molecule has 114 valence electrons. The first kappa shape index (κ1) is 21.0. The van der Waals surface area contributed by atoms with Crippen LogP contribution in [0.1, 0.15) is 37.6 Å². The summed E-state index contributed by atoms with van der Waals surface area (Å²) in [5.74, 6) is 0. The van der Waals surface area contributed by atoms with Crippen molar-refractivity contribution in [3.8, 4) is 0 Å². The van der Waals surface area contributed by atoms with E-state index in [1.165, 1.54) is 17.7 Å². The first-order valence-electron chi connectivity index (χ1n) is 6.40. The minimum atomic E-state index is 0. The van der Waals surface area contributed by atoms with Crippen LogP contribution >= 0.6 is 24.8 Å². The number of nitrogens with zero attached hydrogens (tertiary/aromatic N) is 3. The molecule has 6 heteroatoms. The zero-order valence-electron chi connectivity index (χ0n) is 12.6. The van der Waals surface area contributed by atoms with Gasteiger partial charge in [-0.3, -0.25) is 4.68 Å². The van der Waals surface area contributed by atoms with Gasteiger partial charge in [0.25, 0.3) is 0 Å². The van der Waals surface area contributed by atoms with Crippen molar-refractivity contribution in [1.29, 1.82) is 0 Å². The Kier molecular flexibility index (Phi) is 11.6. The lowest BCUT2D eigenvalue weighted by Crippen LogP contribution is -2.21. The molecule has 1 rings (SSSR count). The fourth-order valence-electron chi connectivity index (χ4n) is 1.90. The van der Waals surface area contributed by atoms with E-state index >= 15 is 0 Å². The van der Waals surface area contributed by atoms with Crippen molar-refractivity contribution in [3.63, 3.8) is 0 Å². The van der Waals surface area contributed by atoms with Crippen molar-refractivity contribution in [2.75, 3.05) is 27.2 Å². The summed E-state index contributed by atoms with van der Waals surface area (Å²) in [6.07, 6.45) is 3.17. The van der Waals surface area contributed by atoms with Crippen LogP contribution < -0.4 is 5.32 Å². The largest absolute Gasteiger partial charge is 0.312 e. The highest BCUT2D eigenvalue weighted by atomic mass is 35.5. The summed E-state index contributed by atoms with van der Waals surface area (Å²) < 4.78 is 2.08. The Morgan fingerprint density at radius 1 is 1.32 bits per heavy atom. The second-order valence-electron chi connectivity index (χ2n) is 5.13. The van der Waals surface area contributed by atoms with Gasteiger partial charge < -0.3 is 10.2 Å². The highest BCUT2D eigenvalue weighted by Crippen LogP contribution is 2.12. The molecule has 0 bridgehead atoms. The highest BCUT2D eigenvalue weighted by molar-refractivity contribution is 5.85. The number of rotatable bonds is 7. The van der Waals surface area contributed by atoms with Crippen molar-refractivity contribution >= 4 is 24.8 Å². The summed E-state index contributed by atoms with van der Waals surface area (Å²) in [4.78, 5) is 2.21. The zero-order chi connectivity index (χ0) is 12.8. The number of aromatic nitrogens is 2. The van der Waals surface area contributed by atoms with Gasteiger partial charge in [0, 0.05) is 23.8 Å². The van der Waals surface area contributed by atoms with E-state index in [1.54, 1.807) is 0 Å². The number of hydrogen-bond acceptors (Lipinski definition) is 3. The molecule has 0 amide bonds. The molecule has 1 N–H and O–H groups in total. The summed E-state index contributed by atoms with van der Waals surface area (Å²) in [5, 5.41) is 7.88. The summed E-state index contributed by atoms with van der Waals surface area (Å²) in [6.45, 7) is 9.58. The molecule has 0 aliphatic rings. The Hall–Kier alpha value is -0.290. The van der Waals surface area contributed by atoms with Crippen molar-refractivity contribution in [2.45, 2.75) is 39.8 Å². The van der Waals surface area contributed by atoms with Gasteiger partial charge in [-0.15, -0.1) is 24.8 Å². The molecule has 0 atom stereocenters. The molecule has 0 unspecified atom stereocenters. The summed E-state index contributed by atoms with van der Waals surface area (Å²) in [7, 11) is 4.22. The van der Waals surface area contributed by atoms with E-state index in [9.17, 15) is 0 Å². The van der Waals surface area contributed by atoms with Gasteiger partial charge in [0.2, 0.25) is 0 Å². The third-order valence-corrected chi connectivity index (χ3v) is 2.91. The molecule has 19 heavy (non-hydrogen) atoms. The summed E-state index contributed by atoms with van der Waals surface area (Å²) in [6, 6.07) is 0.442. The van der Waals surface area contributed by atoms with E-state index in [2.05, 4.69) is 54.9 Å². The van der Waals surface area contributed by atoms with Crippen LogP contribution in [0.25, 0.3) is 0 Å². The van der Waals surface area contributed by atoms with E-state index in [4.69, 9.17) is 0 Å². The SMILES string of the molecule is Cc1c(CNCCCN(C)C)cnn1C(C)C.Cl.Cl. The molecule has 0 fully saturated rings. The Labute approximate surface area is 129 Å². The molecule has 0 saturated carbocycles. The maximum Gasteiger partial charge on any atom is 0.0537 e. The Bertz CT molecular complexity index is 337. The normalized spacial score (nSPS) is 10.5. The van der Waals surface area contributed by atoms with Gasteiger partial charge in [-0.05, 0) is 54.4 Å². The molecule has 0 spiro atoms. The fourth-order valence-corrected chi connectivity index (χ4v) is 1.90. The molecule has 0 aliphatic carbocycles. The van der Waals surface area contributed by atoms with Gasteiger partial charge in [-0.2, -0.15) is 5.10 Å². The molecule has 0 aromatic carbocycles. The lowest BCUT2D eigenvalue weighted by Gasteiger charge is -2.10. The molecular formula is C13H28Cl2N4. The average Bonchev–Trinajstić information content (AvgIpc) is 2.59. The van der Waals surface area contributed by atoms with Crippen molar-refractivity contribution in [2.24, 2.45) is 0 Å². The summed E-state index contributed by atoms with van der Waals surface area (Å²) >= 11 is 0. The molecule has 0 radical (unpaired) electrons. The molecule has 1 aromatic rings. The van der Waals surface area contributed by atoms with Crippen LogP contribution in [0.5, 0.6) is 0 Å². The minimum absolute atomic E-state index is 0. The maximum absolute atomic E-state index is 4.41. The minimum Gasteiger partial charge on any atom is -0.312 e. The van der Waals surface area contributed by atoms with Crippen molar-refractivity contribution < 1.29 is 0 Å². The third kappa shape index (κ3) is 7.16. The zero-order valence-corrected chi connectivity index (χ0v) is 14.3. The third-order valence-electron chi connectivity index (χ3n) is 2.91. The smallest absolute Gasteiger partial charge is 0.0537 e. The molecule has 4 nitrogen and oxygen atoms in total. The molecular weight excluding hydrogens is 283 g/mol. The van der Waals surface area contributed by atoms with E-state index in [-0.39, 0.29) is 24.8 Å². The lowest BCUT2D eigenvalue weighted by molar-refractivity contribution is 0.394. The van der Waals surface area contributed by atoms with Crippen LogP contribution in [0.15, 0.2) is 6.20 Å². The molecule has 0 saturated heterocycles. The second kappa shape index (κ2) is 10.5. The van der Waals surface area contributed by atoms with E-state index in [0.717, 1.165) is 19.6 Å². The van der Waals surface area contributed by atoms with E-state index in [0.29, 0.717) is 6.04 Å². The van der Waals surface area contributed by atoms with Crippen LogP contribution in [-0.4, -0.2) is 41.9 Å². The molecule has 0 aliphatic heterocycles. The standard InChI is InChI=1S/C13H26N4.2ClH/c1-11(2)17-12(3)13(10-15-17)9-14-7-6-8-16(4)5;;/h10-11,14H,6-9H2,1-5H3;2*1H. The van der Waals surface area contributed by atoms with Gasteiger partial charge in [0.1, 0.15) is 0 Å². The Balaban J connectivity index is 0. The number of hydrogen-bond donors (Lipinski definition) is 1. The van der Waals surface area contributed by atoms with Crippen LogP contribution in [-0.2, 0) is 6.54 Å². The van der Waals surface area contributed by atoms with Gasteiger partial charge >= 0.3 is 0 Å². The van der Waals surface area contributed by atoms with Gasteiger partial charge in [-0.25, -0.2) is 0 Å². The maximum atomic E-state index is 4.41. The summed E-state index contributed by atoms with van der Waals surface area (Å²) in [5.41, 5.74) is 2.59. The predicted octanol–water partition coefficient (Wildman–Crippen LogP) is 2.66. The van der Waals surface area contributed by atoms with Crippen LogP contribution in [0.2, 0.25) is 0 Å².